The third-order valence-corrected chi connectivity index (χ3v) is 7.53. The first kappa shape index (κ1) is 23.8. The quantitative estimate of drug-likeness (QED) is 0.578. The first-order valence-electron chi connectivity index (χ1n) is 13.0. The van der Waals surface area contributed by atoms with E-state index in [-0.39, 0.29) is 0 Å². The molecule has 2 fully saturated rings. The fourth-order valence-corrected chi connectivity index (χ4v) is 5.33. The van der Waals surface area contributed by atoms with Gasteiger partial charge in [-0.1, -0.05) is 13.8 Å². The van der Waals surface area contributed by atoms with Crippen LogP contribution in [0.2, 0.25) is 0 Å². The summed E-state index contributed by atoms with van der Waals surface area (Å²) in [6.07, 6.45) is 5.89. The standard InChI is InChI=1S/C26H37N9/c1-5-20-21(6-2)30-25-24(29-20)19(17-28-26(25)27-3)22-7-8-23(32-31-22)35-11-9-18(10-12-35)34-15-13-33(4)14-16-34/h7-8,17-18H,5-6,9-16H2,1-4H3,(H,27,28). The topological polar surface area (TPSA) is 86.2 Å². The Labute approximate surface area is 208 Å². The molecular formula is C26H37N9. The number of nitrogens with one attached hydrogen (secondary N) is 1. The Morgan fingerprint density at radius 3 is 2.17 bits per heavy atom. The van der Waals surface area contributed by atoms with Crippen LogP contribution in [-0.4, -0.2) is 94.4 Å². The molecular weight excluding hydrogens is 438 g/mol. The van der Waals surface area contributed by atoms with Crippen molar-refractivity contribution in [1.82, 2.24) is 34.9 Å². The summed E-state index contributed by atoms with van der Waals surface area (Å²) < 4.78 is 0. The van der Waals surface area contributed by atoms with Gasteiger partial charge in [-0.3, -0.25) is 4.90 Å². The van der Waals surface area contributed by atoms with Crippen LogP contribution in [0.25, 0.3) is 22.3 Å². The number of piperidine rings is 1. The number of nitrogens with zero attached hydrogens (tertiary/aromatic N) is 8. The van der Waals surface area contributed by atoms with E-state index in [0.717, 1.165) is 71.2 Å². The van der Waals surface area contributed by atoms with Crippen molar-refractivity contribution in [3.05, 3.63) is 29.7 Å². The molecule has 0 amide bonds. The second-order valence-corrected chi connectivity index (χ2v) is 9.63. The maximum Gasteiger partial charge on any atom is 0.153 e. The molecule has 9 heteroatoms. The number of hydrogen-bond donors (Lipinski definition) is 1. The number of likely N-dealkylation sites (N-methyl/N-ethyl adjacent to an activating group) is 1. The number of anilines is 2. The van der Waals surface area contributed by atoms with Crippen LogP contribution in [-0.2, 0) is 12.8 Å². The third kappa shape index (κ3) is 4.79. The number of rotatable bonds is 6. The van der Waals surface area contributed by atoms with Gasteiger partial charge in [0.15, 0.2) is 11.6 Å². The molecule has 0 aromatic carbocycles. The highest BCUT2D eigenvalue weighted by molar-refractivity contribution is 5.96. The van der Waals surface area contributed by atoms with Gasteiger partial charge in [0, 0.05) is 64.1 Å². The smallest absolute Gasteiger partial charge is 0.153 e. The van der Waals surface area contributed by atoms with Crippen LogP contribution in [0, 0.1) is 0 Å². The zero-order chi connectivity index (χ0) is 24.4. The van der Waals surface area contributed by atoms with Crippen molar-refractivity contribution in [1.29, 1.82) is 0 Å². The van der Waals surface area contributed by atoms with E-state index in [1.54, 1.807) is 0 Å². The highest BCUT2D eigenvalue weighted by atomic mass is 15.3. The van der Waals surface area contributed by atoms with E-state index in [1.165, 1.54) is 39.0 Å². The van der Waals surface area contributed by atoms with E-state index < -0.39 is 0 Å². The van der Waals surface area contributed by atoms with Crippen LogP contribution in [0.15, 0.2) is 18.3 Å². The van der Waals surface area contributed by atoms with Gasteiger partial charge >= 0.3 is 0 Å². The van der Waals surface area contributed by atoms with Crippen LogP contribution in [0.4, 0.5) is 11.6 Å². The summed E-state index contributed by atoms with van der Waals surface area (Å²) in [5.74, 6) is 1.68. The molecule has 1 N–H and O–H groups in total. The van der Waals surface area contributed by atoms with E-state index >= 15 is 0 Å². The minimum absolute atomic E-state index is 0.689. The van der Waals surface area contributed by atoms with Gasteiger partial charge in [-0.25, -0.2) is 15.0 Å². The van der Waals surface area contributed by atoms with Crippen molar-refractivity contribution in [2.75, 3.05) is 63.6 Å². The predicted octanol–water partition coefficient (Wildman–Crippen LogP) is 2.86. The van der Waals surface area contributed by atoms with Crippen molar-refractivity contribution in [3.63, 3.8) is 0 Å². The largest absolute Gasteiger partial charge is 0.371 e. The SMILES string of the molecule is CCc1nc2c(-c3ccc(N4CCC(N5CCN(C)CC5)CC4)nn3)cnc(NC)c2nc1CC. The first-order valence-corrected chi connectivity index (χ1v) is 13.0. The van der Waals surface area contributed by atoms with E-state index in [0.29, 0.717) is 6.04 Å². The van der Waals surface area contributed by atoms with Crippen molar-refractivity contribution >= 4 is 22.7 Å². The fraction of sp³-hybridized carbons (Fsp3) is 0.577. The normalized spacial score (nSPS) is 18.3. The van der Waals surface area contributed by atoms with Crippen molar-refractivity contribution < 1.29 is 0 Å². The van der Waals surface area contributed by atoms with Gasteiger partial charge in [0.25, 0.3) is 0 Å². The fourth-order valence-electron chi connectivity index (χ4n) is 5.33. The van der Waals surface area contributed by atoms with E-state index in [2.05, 4.69) is 62.2 Å². The molecule has 186 valence electrons. The van der Waals surface area contributed by atoms with Gasteiger partial charge in [-0.2, -0.15) is 0 Å². The van der Waals surface area contributed by atoms with Crippen molar-refractivity contribution in [3.8, 4) is 11.3 Å². The average molecular weight is 476 g/mol. The number of hydrogen-bond acceptors (Lipinski definition) is 9. The molecule has 2 aliphatic rings. The van der Waals surface area contributed by atoms with Crippen LogP contribution in [0.1, 0.15) is 38.1 Å². The highest BCUT2D eigenvalue weighted by Gasteiger charge is 2.27. The zero-order valence-electron chi connectivity index (χ0n) is 21.5. The summed E-state index contributed by atoms with van der Waals surface area (Å²) in [4.78, 5) is 22.0. The van der Waals surface area contributed by atoms with Gasteiger partial charge in [0.1, 0.15) is 11.0 Å². The number of aromatic nitrogens is 5. The maximum absolute atomic E-state index is 4.99. The molecule has 0 radical (unpaired) electrons. The van der Waals surface area contributed by atoms with Gasteiger partial charge in [0.05, 0.1) is 17.1 Å². The van der Waals surface area contributed by atoms with E-state index in [9.17, 15) is 0 Å². The molecule has 0 unspecified atom stereocenters. The Balaban J connectivity index is 1.35. The number of fused-ring (bicyclic) bond motifs is 1. The lowest BCUT2D eigenvalue weighted by molar-refractivity contribution is 0.0981. The number of pyridine rings is 1. The molecule has 0 atom stereocenters. The summed E-state index contributed by atoms with van der Waals surface area (Å²) in [5, 5.41) is 12.4. The molecule has 2 aliphatic heterocycles. The summed E-state index contributed by atoms with van der Waals surface area (Å²) in [6.45, 7) is 11.0. The Morgan fingerprint density at radius 2 is 1.57 bits per heavy atom. The highest BCUT2D eigenvalue weighted by Crippen LogP contribution is 2.30. The number of aryl methyl sites for hydroxylation is 2. The second kappa shape index (κ2) is 10.4. The second-order valence-electron chi connectivity index (χ2n) is 9.63. The lowest BCUT2D eigenvalue weighted by Gasteiger charge is -2.42. The minimum Gasteiger partial charge on any atom is -0.371 e. The van der Waals surface area contributed by atoms with Crippen LogP contribution < -0.4 is 10.2 Å². The van der Waals surface area contributed by atoms with Gasteiger partial charge < -0.3 is 15.1 Å². The molecule has 5 rings (SSSR count). The van der Waals surface area contributed by atoms with Gasteiger partial charge in [0.2, 0.25) is 0 Å². The average Bonchev–Trinajstić information content (AvgIpc) is 2.92. The van der Waals surface area contributed by atoms with Crippen LogP contribution in [0.5, 0.6) is 0 Å². The Bertz CT molecular complexity index is 1150. The molecule has 9 nitrogen and oxygen atoms in total. The molecule has 35 heavy (non-hydrogen) atoms. The summed E-state index contributed by atoms with van der Waals surface area (Å²) >= 11 is 0. The molecule has 0 bridgehead atoms. The van der Waals surface area contributed by atoms with E-state index in [1.807, 2.05) is 19.3 Å². The minimum atomic E-state index is 0.689. The molecule has 5 heterocycles. The lowest BCUT2D eigenvalue weighted by atomic mass is 10.0. The summed E-state index contributed by atoms with van der Waals surface area (Å²) in [6, 6.07) is 4.82. The third-order valence-electron chi connectivity index (χ3n) is 7.53. The molecule has 0 aliphatic carbocycles. The van der Waals surface area contributed by atoms with E-state index in [4.69, 9.17) is 9.97 Å². The zero-order valence-corrected chi connectivity index (χ0v) is 21.5. The van der Waals surface area contributed by atoms with Crippen LogP contribution in [0.3, 0.4) is 0 Å². The molecule has 3 aromatic rings. The number of piperazine rings is 1. The maximum atomic E-state index is 4.99. The van der Waals surface area contributed by atoms with Crippen LogP contribution >= 0.6 is 0 Å². The summed E-state index contributed by atoms with van der Waals surface area (Å²) in [7, 11) is 4.08. The van der Waals surface area contributed by atoms with Crippen molar-refractivity contribution in [2.24, 2.45) is 0 Å². The Morgan fingerprint density at radius 1 is 0.886 bits per heavy atom. The Hall–Kier alpha value is -2.91. The lowest BCUT2D eigenvalue weighted by Crippen LogP contribution is -2.52. The first-order chi connectivity index (χ1) is 17.1. The molecule has 2 saturated heterocycles. The molecule has 3 aromatic heterocycles. The Kier molecular flexibility index (Phi) is 7.06. The molecule has 0 saturated carbocycles. The monoisotopic (exact) mass is 475 g/mol. The van der Waals surface area contributed by atoms with Gasteiger partial charge in [-0.05, 0) is 44.9 Å². The molecule has 0 spiro atoms. The van der Waals surface area contributed by atoms with Crippen molar-refractivity contribution in [2.45, 2.75) is 45.6 Å². The predicted molar refractivity (Wildman–Crippen MR) is 141 cm³/mol. The van der Waals surface area contributed by atoms with Gasteiger partial charge in [-0.15, -0.1) is 10.2 Å². The summed E-state index contributed by atoms with van der Waals surface area (Å²) in [5.41, 5.74) is 5.32.